The third-order valence-corrected chi connectivity index (χ3v) is 4.17. The zero-order valence-corrected chi connectivity index (χ0v) is 14.3. The van der Waals surface area contributed by atoms with E-state index in [1.165, 1.54) is 6.20 Å². The number of carboxylic acids is 1. The molecule has 0 radical (unpaired) electrons. The zero-order chi connectivity index (χ0) is 21.4. The molecule has 2 aromatic carbocycles. The minimum absolute atomic E-state index is 0.0851. The van der Waals surface area contributed by atoms with E-state index >= 15 is 0 Å². The van der Waals surface area contributed by atoms with Gasteiger partial charge in [-0.15, -0.1) is 0 Å². The van der Waals surface area contributed by atoms with Crippen molar-refractivity contribution in [1.29, 1.82) is 0 Å². The second-order valence-corrected chi connectivity index (χ2v) is 6.07. The number of alkyl halides is 6. The van der Waals surface area contributed by atoms with Crippen LogP contribution in [0.25, 0.3) is 22.4 Å². The first kappa shape index (κ1) is 20.4. The SMILES string of the molecule is O=C(O)c1cc(-c2ccc(C(F)(F)F)cc2)ncc1-c1ccc(C(F)(F)F)cc1. The fourth-order valence-corrected chi connectivity index (χ4v) is 2.69. The van der Waals surface area contributed by atoms with Crippen molar-refractivity contribution in [3.8, 4) is 22.4 Å². The highest BCUT2D eigenvalue weighted by Crippen LogP contribution is 2.34. The highest BCUT2D eigenvalue weighted by molar-refractivity contribution is 5.97. The van der Waals surface area contributed by atoms with Crippen molar-refractivity contribution in [2.75, 3.05) is 0 Å². The Morgan fingerprint density at radius 1 is 0.759 bits per heavy atom. The molecule has 0 aliphatic rings. The lowest BCUT2D eigenvalue weighted by atomic mass is 9.98. The number of carbonyl (C=O) groups is 1. The van der Waals surface area contributed by atoms with Gasteiger partial charge in [0.05, 0.1) is 22.4 Å². The van der Waals surface area contributed by atoms with Crippen LogP contribution in [0.5, 0.6) is 0 Å². The minimum Gasteiger partial charge on any atom is -0.478 e. The minimum atomic E-state index is -4.53. The van der Waals surface area contributed by atoms with Gasteiger partial charge in [-0.25, -0.2) is 4.79 Å². The third kappa shape index (κ3) is 4.39. The van der Waals surface area contributed by atoms with Crippen molar-refractivity contribution in [1.82, 2.24) is 4.98 Å². The molecular formula is C20H11F6NO2. The molecule has 0 bridgehead atoms. The summed E-state index contributed by atoms with van der Waals surface area (Å²) in [5.41, 5.74) is -1.31. The number of rotatable bonds is 3. The van der Waals surface area contributed by atoms with Gasteiger partial charge < -0.3 is 5.11 Å². The van der Waals surface area contributed by atoms with Crippen LogP contribution < -0.4 is 0 Å². The van der Waals surface area contributed by atoms with Crippen LogP contribution in [0.1, 0.15) is 21.5 Å². The Labute approximate surface area is 160 Å². The number of hydrogen-bond donors (Lipinski definition) is 1. The summed E-state index contributed by atoms with van der Waals surface area (Å²) in [7, 11) is 0. The number of halogens is 6. The van der Waals surface area contributed by atoms with Crippen LogP contribution >= 0.6 is 0 Å². The van der Waals surface area contributed by atoms with Gasteiger partial charge in [-0.05, 0) is 35.9 Å². The Hall–Kier alpha value is -3.36. The largest absolute Gasteiger partial charge is 0.478 e. The Balaban J connectivity index is 2.01. The van der Waals surface area contributed by atoms with Crippen LogP contribution in [-0.4, -0.2) is 16.1 Å². The van der Waals surface area contributed by atoms with Gasteiger partial charge in [0.25, 0.3) is 0 Å². The fraction of sp³-hybridized carbons (Fsp3) is 0.100. The summed E-state index contributed by atoms with van der Waals surface area (Å²) in [5.74, 6) is -1.35. The van der Waals surface area contributed by atoms with Crippen LogP contribution in [0, 0.1) is 0 Å². The van der Waals surface area contributed by atoms with Crippen molar-refractivity contribution in [3.05, 3.63) is 77.5 Å². The second-order valence-electron chi connectivity index (χ2n) is 6.07. The lowest BCUT2D eigenvalue weighted by Crippen LogP contribution is -2.05. The van der Waals surface area contributed by atoms with Crippen molar-refractivity contribution in [2.45, 2.75) is 12.4 Å². The van der Waals surface area contributed by atoms with Gasteiger partial charge in [0.15, 0.2) is 0 Å². The number of pyridine rings is 1. The summed E-state index contributed by atoms with van der Waals surface area (Å²) >= 11 is 0. The van der Waals surface area contributed by atoms with E-state index in [4.69, 9.17) is 0 Å². The van der Waals surface area contributed by atoms with Crippen molar-refractivity contribution in [2.24, 2.45) is 0 Å². The lowest BCUT2D eigenvalue weighted by Gasteiger charge is -2.11. The van der Waals surface area contributed by atoms with Crippen molar-refractivity contribution >= 4 is 5.97 Å². The second kappa shape index (κ2) is 7.23. The average Bonchev–Trinajstić information content (AvgIpc) is 2.66. The smallest absolute Gasteiger partial charge is 0.416 e. The first-order valence-corrected chi connectivity index (χ1v) is 8.05. The number of aromatic nitrogens is 1. The molecule has 3 rings (SSSR count). The van der Waals surface area contributed by atoms with Gasteiger partial charge in [0.1, 0.15) is 0 Å². The molecule has 0 aliphatic carbocycles. The zero-order valence-electron chi connectivity index (χ0n) is 14.3. The van der Waals surface area contributed by atoms with E-state index in [2.05, 4.69) is 4.98 Å². The molecule has 0 fully saturated rings. The van der Waals surface area contributed by atoms with E-state index in [1.807, 2.05) is 0 Å². The maximum Gasteiger partial charge on any atom is 0.416 e. The summed E-state index contributed by atoms with van der Waals surface area (Å²) in [6, 6.07) is 9.09. The highest BCUT2D eigenvalue weighted by atomic mass is 19.4. The maximum atomic E-state index is 12.7. The molecule has 0 unspecified atom stereocenters. The molecule has 150 valence electrons. The number of hydrogen-bond acceptors (Lipinski definition) is 2. The maximum absolute atomic E-state index is 12.7. The van der Waals surface area contributed by atoms with Crippen LogP contribution in [0.4, 0.5) is 26.3 Å². The number of benzene rings is 2. The topological polar surface area (TPSA) is 50.2 Å². The fourth-order valence-electron chi connectivity index (χ4n) is 2.69. The predicted molar refractivity (Wildman–Crippen MR) is 92.1 cm³/mol. The Morgan fingerprint density at radius 3 is 1.62 bits per heavy atom. The quantitative estimate of drug-likeness (QED) is 0.526. The highest BCUT2D eigenvalue weighted by Gasteiger charge is 2.31. The van der Waals surface area contributed by atoms with E-state index in [0.717, 1.165) is 54.6 Å². The van der Waals surface area contributed by atoms with Gasteiger partial charge in [-0.3, -0.25) is 4.98 Å². The van der Waals surface area contributed by atoms with Crippen LogP contribution in [-0.2, 0) is 12.4 Å². The molecular weight excluding hydrogens is 400 g/mol. The molecule has 9 heteroatoms. The van der Waals surface area contributed by atoms with Gasteiger partial charge in [-0.1, -0.05) is 24.3 Å². The van der Waals surface area contributed by atoms with Crippen LogP contribution in [0.2, 0.25) is 0 Å². The van der Waals surface area contributed by atoms with E-state index in [-0.39, 0.29) is 27.9 Å². The van der Waals surface area contributed by atoms with Gasteiger partial charge in [-0.2, -0.15) is 26.3 Å². The Kier molecular flexibility index (Phi) is 5.08. The van der Waals surface area contributed by atoms with Gasteiger partial charge >= 0.3 is 18.3 Å². The molecule has 0 saturated carbocycles. The summed E-state index contributed by atoms with van der Waals surface area (Å²) < 4.78 is 76.1. The molecule has 1 heterocycles. The average molecular weight is 411 g/mol. The number of aromatic carboxylic acids is 1. The van der Waals surface area contributed by atoms with Crippen molar-refractivity contribution < 1.29 is 36.2 Å². The Morgan fingerprint density at radius 2 is 1.21 bits per heavy atom. The summed E-state index contributed by atoms with van der Waals surface area (Å²) in [5, 5.41) is 9.48. The van der Waals surface area contributed by atoms with Crippen LogP contribution in [0.3, 0.4) is 0 Å². The molecule has 1 N–H and O–H groups in total. The van der Waals surface area contributed by atoms with E-state index in [1.54, 1.807) is 0 Å². The van der Waals surface area contributed by atoms with E-state index < -0.39 is 29.4 Å². The summed E-state index contributed by atoms with van der Waals surface area (Å²) in [4.78, 5) is 15.7. The molecule has 3 nitrogen and oxygen atoms in total. The first-order valence-electron chi connectivity index (χ1n) is 8.05. The van der Waals surface area contributed by atoms with Crippen molar-refractivity contribution in [3.63, 3.8) is 0 Å². The normalized spacial score (nSPS) is 12.1. The molecule has 0 aliphatic heterocycles. The molecule has 0 atom stereocenters. The first-order chi connectivity index (χ1) is 13.5. The predicted octanol–water partition coefficient (Wildman–Crippen LogP) is 6.15. The molecule has 0 saturated heterocycles. The number of carboxylic acid groups (broad SMARTS) is 1. The molecule has 0 spiro atoms. The molecule has 0 amide bonds. The van der Waals surface area contributed by atoms with Gasteiger partial charge in [0, 0.05) is 17.3 Å². The third-order valence-electron chi connectivity index (χ3n) is 4.17. The summed E-state index contributed by atoms with van der Waals surface area (Å²) in [6.07, 6.45) is -7.87. The lowest BCUT2D eigenvalue weighted by molar-refractivity contribution is -0.138. The standard InChI is InChI=1S/C20H11F6NO2/c21-19(22,23)13-5-1-11(2-6-13)16-10-27-17(9-15(16)18(28)29)12-3-7-14(8-4-12)20(24,25)26/h1-10H,(H,28,29). The Bertz CT molecular complexity index is 1040. The van der Waals surface area contributed by atoms with Gasteiger partial charge in [0.2, 0.25) is 0 Å². The van der Waals surface area contributed by atoms with E-state index in [9.17, 15) is 36.2 Å². The van der Waals surface area contributed by atoms with Crippen LogP contribution in [0.15, 0.2) is 60.8 Å². The molecule has 1 aromatic heterocycles. The molecule has 3 aromatic rings. The monoisotopic (exact) mass is 411 g/mol. The van der Waals surface area contributed by atoms with E-state index in [0.29, 0.717) is 0 Å². The number of nitrogens with zero attached hydrogens (tertiary/aromatic N) is 1. The molecule has 29 heavy (non-hydrogen) atoms. The summed E-state index contributed by atoms with van der Waals surface area (Å²) in [6.45, 7) is 0.